The van der Waals surface area contributed by atoms with E-state index in [2.05, 4.69) is 67.9 Å². The molecule has 2 N–H and O–H groups in total. The number of imidazole rings is 1. The number of benzene rings is 3. The SMILES string of the molecule is Cc1ccc(C(=O)N(CCCN)C(C)(c2nc(-c3ccccc3)cn2Cc2ccccc2)C(C)C)cc1. The van der Waals surface area contributed by atoms with Crippen LogP contribution >= 0.6 is 0 Å². The third-order valence-electron chi connectivity index (χ3n) is 7.31. The van der Waals surface area contributed by atoms with Crippen LogP contribution in [0.5, 0.6) is 0 Å². The number of carbonyl (C=O) groups is 1. The van der Waals surface area contributed by atoms with E-state index in [-0.39, 0.29) is 11.8 Å². The summed E-state index contributed by atoms with van der Waals surface area (Å²) in [5, 5.41) is 0. The summed E-state index contributed by atoms with van der Waals surface area (Å²) >= 11 is 0. The molecule has 0 aliphatic rings. The van der Waals surface area contributed by atoms with Crippen LogP contribution in [0, 0.1) is 12.8 Å². The largest absolute Gasteiger partial charge is 0.330 e. The van der Waals surface area contributed by atoms with Crippen molar-refractivity contribution in [3.8, 4) is 11.3 Å². The fraction of sp³-hybridized carbons (Fsp3) is 0.312. The van der Waals surface area contributed by atoms with Crippen LogP contribution in [0.25, 0.3) is 11.3 Å². The molecule has 0 spiro atoms. The first-order valence-corrected chi connectivity index (χ1v) is 13.1. The Balaban J connectivity index is 1.87. The summed E-state index contributed by atoms with van der Waals surface area (Å²) in [4.78, 5) is 21.3. The lowest BCUT2D eigenvalue weighted by atomic mass is 9.84. The van der Waals surface area contributed by atoms with Crippen LogP contribution in [0.3, 0.4) is 0 Å². The summed E-state index contributed by atoms with van der Waals surface area (Å²) in [5.41, 5.74) is 10.2. The Morgan fingerprint density at radius 3 is 2.19 bits per heavy atom. The fourth-order valence-corrected chi connectivity index (χ4v) is 4.81. The maximum Gasteiger partial charge on any atom is 0.254 e. The number of aromatic nitrogens is 2. The summed E-state index contributed by atoms with van der Waals surface area (Å²) in [6.45, 7) is 10.3. The number of nitrogens with two attached hydrogens (primary N) is 1. The molecule has 0 aliphatic carbocycles. The zero-order valence-corrected chi connectivity index (χ0v) is 22.4. The smallest absolute Gasteiger partial charge is 0.254 e. The molecule has 5 nitrogen and oxygen atoms in total. The molecular formula is C32H38N4O. The van der Waals surface area contributed by atoms with Crippen molar-refractivity contribution < 1.29 is 4.79 Å². The number of aryl methyl sites for hydroxylation is 1. The molecule has 0 saturated carbocycles. The Hall–Kier alpha value is -3.70. The van der Waals surface area contributed by atoms with Gasteiger partial charge >= 0.3 is 0 Å². The van der Waals surface area contributed by atoms with Crippen molar-refractivity contribution in [1.29, 1.82) is 0 Å². The Bertz CT molecular complexity index is 1300. The second-order valence-corrected chi connectivity index (χ2v) is 10.2. The highest BCUT2D eigenvalue weighted by atomic mass is 16.2. The van der Waals surface area contributed by atoms with E-state index in [1.54, 1.807) is 0 Å². The summed E-state index contributed by atoms with van der Waals surface area (Å²) in [6.07, 6.45) is 2.83. The van der Waals surface area contributed by atoms with E-state index >= 15 is 0 Å². The number of hydrogen-bond donors (Lipinski definition) is 1. The molecule has 0 saturated heterocycles. The molecule has 3 aromatic carbocycles. The van der Waals surface area contributed by atoms with Gasteiger partial charge in [-0.25, -0.2) is 4.98 Å². The molecule has 1 amide bonds. The third-order valence-corrected chi connectivity index (χ3v) is 7.31. The lowest BCUT2D eigenvalue weighted by Crippen LogP contribution is -2.53. The minimum Gasteiger partial charge on any atom is -0.330 e. The number of amides is 1. The van der Waals surface area contributed by atoms with Gasteiger partial charge in [-0.05, 0) is 50.4 Å². The van der Waals surface area contributed by atoms with E-state index in [1.165, 1.54) is 5.56 Å². The van der Waals surface area contributed by atoms with Crippen LogP contribution in [0.2, 0.25) is 0 Å². The molecule has 4 rings (SSSR count). The Kier molecular flexibility index (Phi) is 8.24. The van der Waals surface area contributed by atoms with Crippen LogP contribution in [-0.4, -0.2) is 33.4 Å². The lowest BCUT2D eigenvalue weighted by Gasteiger charge is -2.44. The van der Waals surface area contributed by atoms with E-state index < -0.39 is 5.54 Å². The zero-order valence-electron chi connectivity index (χ0n) is 22.4. The number of rotatable bonds is 10. The summed E-state index contributed by atoms with van der Waals surface area (Å²) in [7, 11) is 0. The van der Waals surface area contributed by atoms with Gasteiger partial charge in [0, 0.05) is 30.4 Å². The van der Waals surface area contributed by atoms with Crippen LogP contribution < -0.4 is 5.73 Å². The summed E-state index contributed by atoms with van der Waals surface area (Å²) in [6, 6.07) is 28.4. The van der Waals surface area contributed by atoms with Gasteiger partial charge in [0.25, 0.3) is 5.91 Å². The zero-order chi connectivity index (χ0) is 26.4. The third kappa shape index (κ3) is 5.67. The van der Waals surface area contributed by atoms with Crippen molar-refractivity contribution in [2.24, 2.45) is 11.7 Å². The van der Waals surface area contributed by atoms with Gasteiger partial charge in [-0.2, -0.15) is 0 Å². The molecule has 1 unspecified atom stereocenters. The first-order valence-electron chi connectivity index (χ1n) is 13.1. The van der Waals surface area contributed by atoms with Crippen molar-refractivity contribution in [1.82, 2.24) is 14.5 Å². The van der Waals surface area contributed by atoms with Crippen LogP contribution in [0.1, 0.15) is 54.5 Å². The minimum absolute atomic E-state index is 0.000159. The number of nitrogens with zero attached hydrogens (tertiary/aromatic N) is 3. The first-order chi connectivity index (χ1) is 17.8. The van der Waals surface area contributed by atoms with Gasteiger partial charge in [-0.15, -0.1) is 0 Å². The molecular weight excluding hydrogens is 456 g/mol. The maximum atomic E-state index is 14.1. The highest BCUT2D eigenvalue weighted by molar-refractivity contribution is 5.94. The van der Waals surface area contributed by atoms with Gasteiger partial charge in [0.2, 0.25) is 0 Å². The van der Waals surface area contributed by atoms with E-state index in [0.717, 1.165) is 22.6 Å². The van der Waals surface area contributed by atoms with Gasteiger partial charge in [0.1, 0.15) is 11.4 Å². The van der Waals surface area contributed by atoms with E-state index in [1.807, 2.05) is 60.4 Å². The number of hydrogen-bond acceptors (Lipinski definition) is 3. The molecule has 0 radical (unpaired) electrons. The van der Waals surface area contributed by atoms with Gasteiger partial charge in [0.05, 0.1) is 5.69 Å². The van der Waals surface area contributed by atoms with Crippen molar-refractivity contribution in [2.45, 2.75) is 46.2 Å². The van der Waals surface area contributed by atoms with Crippen LogP contribution in [0.4, 0.5) is 0 Å². The predicted octanol–water partition coefficient (Wildman–Crippen LogP) is 6.27. The quantitative estimate of drug-likeness (QED) is 0.283. The van der Waals surface area contributed by atoms with Gasteiger partial charge < -0.3 is 15.2 Å². The molecule has 1 aromatic heterocycles. The average molecular weight is 495 g/mol. The van der Waals surface area contributed by atoms with Crippen molar-refractivity contribution in [3.63, 3.8) is 0 Å². The minimum atomic E-state index is -0.668. The highest BCUT2D eigenvalue weighted by Gasteiger charge is 2.43. The van der Waals surface area contributed by atoms with E-state index in [0.29, 0.717) is 31.6 Å². The van der Waals surface area contributed by atoms with E-state index in [9.17, 15) is 4.79 Å². The monoisotopic (exact) mass is 494 g/mol. The maximum absolute atomic E-state index is 14.1. The Morgan fingerprint density at radius 1 is 0.973 bits per heavy atom. The molecule has 5 heteroatoms. The standard InChI is InChI=1S/C32H38N4O/c1-24(2)32(4,36(21-11-20-33)30(37)28-18-16-25(3)17-19-28)31-34-29(27-14-9-6-10-15-27)23-35(31)22-26-12-7-5-8-13-26/h5-10,12-19,23-24H,11,20-22,33H2,1-4H3. The first kappa shape index (κ1) is 26.4. The lowest BCUT2D eigenvalue weighted by molar-refractivity contribution is 0.0306. The van der Waals surface area contributed by atoms with Gasteiger partial charge in [0.15, 0.2) is 0 Å². The Labute approximate surface area is 221 Å². The predicted molar refractivity (Wildman–Crippen MR) is 151 cm³/mol. The second kappa shape index (κ2) is 11.6. The molecule has 192 valence electrons. The second-order valence-electron chi connectivity index (χ2n) is 10.2. The normalized spacial score (nSPS) is 12.9. The highest BCUT2D eigenvalue weighted by Crippen LogP contribution is 2.38. The molecule has 0 aliphatic heterocycles. The topological polar surface area (TPSA) is 64.2 Å². The van der Waals surface area contributed by atoms with Crippen molar-refractivity contribution in [3.05, 3.63) is 114 Å². The summed E-state index contributed by atoms with van der Waals surface area (Å²) in [5.74, 6) is 0.975. The van der Waals surface area contributed by atoms with Gasteiger partial charge in [-0.1, -0.05) is 92.2 Å². The van der Waals surface area contributed by atoms with Gasteiger partial charge in [-0.3, -0.25) is 4.79 Å². The van der Waals surface area contributed by atoms with Crippen LogP contribution in [0.15, 0.2) is 91.1 Å². The fourth-order valence-electron chi connectivity index (χ4n) is 4.81. The van der Waals surface area contributed by atoms with Crippen LogP contribution in [-0.2, 0) is 12.1 Å². The summed E-state index contributed by atoms with van der Waals surface area (Å²) < 4.78 is 2.22. The number of carbonyl (C=O) groups excluding carboxylic acids is 1. The Morgan fingerprint density at radius 2 is 1.59 bits per heavy atom. The molecule has 37 heavy (non-hydrogen) atoms. The van der Waals surface area contributed by atoms with Crippen molar-refractivity contribution in [2.75, 3.05) is 13.1 Å². The average Bonchev–Trinajstić information content (AvgIpc) is 3.34. The molecule has 0 bridgehead atoms. The molecule has 1 atom stereocenters. The molecule has 1 heterocycles. The molecule has 4 aromatic rings. The van der Waals surface area contributed by atoms with Crippen molar-refractivity contribution >= 4 is 5.91 Å². The molecule has 0 fully saturated rings. The van der Waals surface area contributed by atoms with E-state index in [4.69, 9.17) is 10.7 Å².